The lowest BCUT2D eigenvalue weighted by molar-refractivity contribution is 0.705. The highest BCUT2D eigenvalue weighted by Gasteiger charge is 2.25. The molecule has 1 aromatic rings. The Balaban J connectivity index is 1.88. The summed E-state index contributed by atoms with van der Waals surface area (Å²) in [7, 11) is 0. The SMILES string of the molecule is CSCCC(C)Nc1nccn1C1CC1. The number of hydrogen-bond acceptors (Lipinski definition) is 3. The summed E-state index contributed by atoms with van der Waals surface area (Å²) in [5.74, 6) is 2.25. The van der Waals surface area contributed by atoms with Crippen LogP contribution in [0.2, 0.25) is 0 Å². The van der Waals surface area contributed by atoms with Gasteiger partial charge in [0.2, 0.25) is 5.95 Å². The molecule has 0 saturated heterocycles. The lowest BCUT2D eigenvalue weighted by atomic mass is 10.3. The maximum Gasteiger partial charge on any atom is 0.203 e. The second-order valence-electron chi connectivity index (χ2n) is 4.22. The number of rotatable bonds is 6. The first-order chi connectivity index (χ1) is 7.31. The maximum absolute atomic E-state index is 4.37. The molecule has 0 aromatic carbocycles. The van der Waals surface area contributed by atoms with Gasteiger partial charge in [-0.25, -0.2) is 4.98 Å². The first kappa shape index (κ1) is 10.9. The van der Waals surface area contributed by atoms with Gasteiger partial charge in [0.15, 0.2) is 0 Å². The fraction of sp³-hybridized carbons (Fsp3) is 0.727. The number of nitrogens with one attached hydrogen (secondary N) is 1. The minimum Gasteiger partial charge on any atom is -0.353 e. The lowest BCUT2D eigenvalue weighted by Gasteiger charge is -2.15. The predicted molar refractivity (Wildman–Crippen MR) is 66.6 cm³/mol. The molecule has 84 valence electrons. The van der Waals surface area contributed by atoms with Crippen molar-refractivity contribution in [2.75, 3.05) is 17.3 Å². The van der Waals surface area contributed by atoms with Gasteiger partial charge in [-0.1, -0.05) is 0 Å². The minimum atomic E-state index is 0.511. The highest BCUT2D eigenvalue weighted by Crippen LogP contribution is 2.36. The van der Waals surface area contributed by atoms with Crippen molar-refractivity contribution in [2.45, 2.75) is 38.3 Å². The molecular formula is C11H19N3S. The van der Waals surface area contributed by atoms with Gasteiger partial charge in [-0.05, 0) is 38.2 Å². The number of aromatic nitrogens is 2. The third kappa shape index (κ3) is 2.91. The fourth-order valence-electron chi connectivity index (χ4n) is 1.66. The molecule has 0 amide bonds. The summed E-state index contributed by atoms with van der Waals surface area (Å²) >= 11 is 1.90. The molecule has 0 spiro atoms. The quantitative estimate of drug-likeness (QED) is 0.807. The van der Waals surface area contributed by atoms with Crippen molar-refractivity contribution in [1.29, 1.82) is 0 Å². The molecule has 1 unspecified atom stereocenters. The summed E-state index contributed by atoms with van der Waals surface area (Å²) in [6, 6.07) is 1.22. The molecule has 1 saturated carbocycles. The largest absolute Gasteiger partial charge is 0.353 e. The van der Waals surface area contributed by atoms with E-state index in [4.69, 9.17) is 0 Å². The van der Waals surface area contributed by atoms with E-state index in [0.29, 0.717) is 12.1 Å². The summed E-state index contributed by atoms with van der Waals surface area (Å²) in [5, 5.41) is 3.49. The van der Waals surface area contributed by atoms with Crippen LogP contribution in [0.15, 0.2) is 12.4 Å². The van der Waals surface area contributed by atoms with Gasteiger partial charge in [-0.2, -0.15) is 11.8 Å². The maximum atomic E-state index is 4.37. The molecule has 4 heteroatoms. The van der Waals surface area contributed by atoms with Gasteiger partial charge in [0, 0.05) is 24.5 Å². The van der Waals surface area contributed by atoms with E-state index < -0.39 is 0 Å². The molecule has 1 heterocycles. The van der Waals surface area contributed by atoms with Crippen LogP contribution in [0.1, 0.15) is 32.2 Å². The molecule has 2 rings (SSSR count). The molecule has 1 fully saturated rings. The Morgan fingerprint density at radius 3 is 3.13 bits per heavy atom. The Morgan fingerprint density at radius 2 is 2.47 bits per heavy atom. The van der Waals surface area contributed by atoms with Crippen molar-refractivity contribution in [3.63, 3.8) is 0 Å². The Labute approximate surface area is 95.7 Å². The van der Waals surface area contributed by atoms with Gasteiger partial charge in [-0.15, -0.1) is 0 Å². The zero-order valence-electron chi connectivity index (χ0n) is 9.44. The molecule has 1 atom stereocenters. The van der Waals surface area contributed by atoms with E-state index in [1.807, 2.05) is 18.0 Å². The molecule has 1 N–H and O–H groups in total. The highest BCUT2D eigenvalue weighted by molar-refractivity contribution is 7.98. The monoisotopic (exact) mass is 225 g/mol. The van der Waals surface area contributed by atoms with E-state index in [1.54, 1.807) is 0 Å². The number of anilines is 1. The van der Waals surface area contributed by atoms with E-state index in [-0.39, 0.29) is 0 Å². The predicted octanol–water partition coefficient (Wildman–Crippen LogP) is 2.77. The highest BCUT2D eigenvalue weighted by atomic mass is 32.2. The van der Waals surface area contributed by atoms with Crippen LogP contribution in [0, 0.1) is 0 Å². The number of thioether (sulfide) groups is 1. The topological polar surface area (TPSA) is 29.9 Å². The van der Waals surface area contributed by atoms with Crippen LogP contribution < -0.4 is 5.32 Å². The normalized spacial score (nSPS) is 17.7. The second kappa shape index (κ2) is 4.92. The van der Waals surface area contributed by atoms with Crippen molar-refractivity contribution in [2.24, 2.45) is 0 Å². The van der Waals surface area contributed by atoms with Crippen LogP contribution in [-0.2, 0) is 0 Å². The summed E-state index contributed by atoms with van der Waals surface area (Å²) < 4.78 is 2.27. The first-order valence-corrected chi connectivity index (χ1v) is 6.99. The average Bonchev–Trinajstić information content (AvgIpc) is 2.97. The third-order valence-electron chi connectivity index (χ3n) is 2.74. The Morgan fingerprint density at radius 1 is 1.67 bits per heavy atom. The van der Waals surface area contributed by atoms with E-state index >= 15 is 0 Å². The molecule has 0 aliphatic heterocycles. The Hall–Kier alpha value is -0.640. The molecule has 0 bridgehead atoms. The lowest BCUT2D eigenvalue weighted by Crippen LogP contribution is -2.18. The van der Waals surface area contributed by atoms with Crippen molar-refractivity contribution in [3.8, 4) is 0 Å². The number of hydrogen-bond donors (Lipinski definition) is 1. The van der Waals surface area contributed by atoms with Crippen molar-refractivity contribution in [1.82, 2.24) is 9.55 Å². The Bertz CT molecular complexity index is 307. The standard InChI is InChI=1S/C11H19N3S/c1-9(5-8-15-2)13-11-12-6-7-14(11)10-3-4-10/h6-7,9-10H,3-5,8H2,1-2H3,(H,12,13). The fourth-order valence-corrected chi connectivity index (χ4v) is 2.25. The van der Waals surface area contributed by atoms with E-state index in [9.17, 15) is 0 Å². The second-order valence-corrected chi connectivity index (χ2v) is 5.20. The zero-order valence-corrected chi connectivity index (χ0v) is 10.3. The van der Waals surface area contributed by atoms with Crippen molar-refractivity contribution in [3.05, 3.63) is 12.4 Å². The van der Waals surface area contributed by atoms with E-state index in [0.717, 1.165) is 5.95 Å². The zero-order chi connectivity index (χ0) is 10.7. The smallest absolute Gasteiger partial charge is 0.203 e. The van der Waals surface area contributed by atoms with Crippen LogP contribution in [0.4, 0.5) is 5.95 Å². The first-order valence-electron chi connectivity index (χ1n) is 5.59. The van der Waals surface area contributed by atoms with Crippen LogP contribution in [0.5, 0.6) is 0 Å². The van der Waals surface area contributed by atoms with Crippen LogP contribution in [-0.4, -0.2) is 27.6 Å². The van der Waals surface area contributed by atoms with Gasteiger partial charge in [0.1, 0.15) is 0 Å². The summed E-state index contributed by atoms with van der Waals surface area (Å²) in [5.41, 5.74) is 0. The third-order valence-corrected chi connectivity index (χ3v) is 3.38. The van der Waals surface area contributed by atoms with Gasteiger partial charge < -0.3 is 9.88 Å². The molecule has 1 aliphatic carbocycles. The molecule has 0 radical (unpaired) electrons. The average molecular weight is 225 g/mol. The minimum absolute atomic E-state index is 0.511. The molecule has 1 aliphatic rings. The van der Waals surface area contributed by atoms with Crippen molar-refractivity contribution >= 4 is 17.7 Å². The van der Waals surface area contributed by atoms with Crippen LogP contribution in [0.25, 0.3) is 0 Å². The summed E-state index contributed by atoms with van der Waals surface area (Å²) in [4.78, 5) is 4.37. The van der Waals surface area contributed by atoms with E-state index in [1.165, 1.54) is 25.0 Å². The van der Waals surface area contributed by atoms with Gasteiger partial charge in [0.25, 0.3) is 0 Å². The molecule has 1 aromatic heterocycles. The molecule has 15 heavy (non-hydrogen) atoms. The van der Waals surface area contributed by atoms with Crippen LogP contribution in [0.3, 0.4) is 0 Å². The molecule has 3 nitrogen and oxygen atoms in total. The van der Waals surface area contributed by atoms with Crippen LogP contribution >= 0.6 is 11.8 Å². The molecular weight excluding hydrogens is 206 g/mol. The summed E-state index contributed by atoms with van der Waals surface area (Å²) in [6.45, 7) is 2.22. The summed E-state index contributed by atoms with van der Waals surface area (Å²) in [6.07, 6.45) is 9.94. The van der Waals surface area contributed by atoms with Gasteiger partial charge in [0.05, 0.1) is 0 Å². The Kier molecular flexibility index (Phi) is 3.57. The van der Waals surface area contributed by atoms with Gasteiger partial charge in [-0.3, -0.25) is 0 Å². The number of imidazole rings is 1. The van der Waals surface area contributed by atoms with Gasteiger partial charge >= 0.3 is 0 Å². The number of nitrogens with zero attached hydrogens (tertiary/aromatic N) is 2. The van der Waals surface area contributed by atoms with E-state index in [2.05, 4.69) is 34.2 Å². The van der Waals surface area contributed by atoms with Crippen molar-refractivity contribution < 1.29 is 0 Å².